The Morgan fingerprint density at radius 1 is 1.25 bits per heavy atom. The van der Waals surface area contributed by atoms with Crippen LogP contribution in [0.4, 0.5) is 0 Å². The predicted molar refractivity (Wildman–Crippen MR) is 67.0 cm³/mol. The summed E-state index contributed by atoms with van der Waals surface area (Å²) in [6, 6.07) is 8.59. The van der Waals surface area contributed by atoms with Crippen LogP contribution >= 0.6 is 0 Å². The fourth-order valence-electron chi connectivity index (χ4n) is 2.83. The van der Waals surface area contributed by atoms with Crippen LogP contribution in [-0.2, 0) is 0 Å². The molecule has 0 spiro atoms. The van der Waals surface area contributed by atoms with Crippen LogP contribution in [0.1, 0.15) is 30.7 Å². The largest absolute Gasteiger partial charge is 0.497 e. The molecule has 16 heavy (non-hydrogen) atoms. The van der Waals surface area contributed by atoms with Crippen molar-refractivity contribution in [3.05, 3.63) is 29.8 Å². The molecule has 0 amide bonds. The highest BCUT2D eigenvalue weighted by Gasteiger charge is 2.27. The zero-order valence-corrected chi connectivity index (χ0v) is 10.2. The number of rotatable bonds is 4. The summed E-state index contributed by atoms with van der Waals surface area (Å²) in [6.07, 6.45) is 4.05. The quantitative estimate of drug-likeness (QED) is 0.840. The third-order valence-electron chi connectivity index (χ3n) is 3.67. The molecule has 1 fully saturated rings. The van der Waals surface area contributed by atoms with Crippen LogP contribution in [0.2, 0.25) is 0 Å². The van der Waals surface area contributed by atoms with Crippen LogP contribution in [-0.4, -0.2) is 20.7 Å². The molecule has 1 aliphatic rings. The molecule has 1 saturated carbocycles. The lowest BCUT2D eigenvalue weighted by molar-refractivity contribution is 0.413. The minimum atomic E-state index is 0.735. The summed E-state index contributed by atoms with van der Waals surface area (Å²) < 4.78 is 5.19. The number of benzene rings is 1. The van der Waals surface area contributed by atoms with Crippen molar-refractivity contribution in [3.63, 3.8) is 0 Å². The molecule has 0 heterocycles. The van der Waals surface area contributed by atoms with Gasteiger partial charge in [-0.15, -0.1) is 0 Å². The van der Waals surface area contributed by atoms with E-state index in [2.05, 4.69) is 29.6 Å². The Kier molecular flexibility index (Phi) is 3.83. The summed E-state index contributed by atoms with van der Waals surface area (Å²) in [5, 5.41) is 3.31. The molecule has 88 valence electrons. The van der Waals surface area contributed by atoms with E-state index in [9.17, 15) is 0 Å². The van der Waals surface area contributed by atoms with Crippen LogP contribution in [0.5, 0.6) is 5.75 Å². The number of methoxy groups -OCH3 is 1. The van der Waals surface area contributed by atoms with E-state index in [0.29, 0.717) is 0 Å². The average Bonchev–Trinajstić information content (AvgIpc) is 2.78. The SMILES string of the molecule is CNCC1CCCC1c1ccc(OC)cc1. The van der Waals surface area contributed by atoms with Crippen molar-refractivity contribution in [1.29, 1.82) is 0 Å². The van der Waals surface area contributed by atoms with E-state index in [4.69, 9.17) is 4.74 Å². The summed E-state index contributed by atoms with van der Waals surface area (Å²) in [4.78, 5) is 0. The van der Waals surface area contributed by atoms with E-state index >= 15 is 0 Å². The van der Waals surface area contributed by atoms with Gasteiger partial charge in [0.25, 0.3) is 0 Å². The van der Waals surface area contributed by atoms with Gasteiger partial charge < -0.3 is 10.1 Å². The zero-order valence-electron chi connectivity index (χ0n) is 10.2. The Hall–Kier alpha value is -1.02. The third kappa shape index (κ3) is 2.38. The van der Waals surface area contributed by atoms with E-state index in [1.54, 1.807) is 7.11 Å². The second-order valence-corrected chi connectivity index (χ2v) is 4.63. The lowest BCUT2D eigenvalue weighted by atomic mass is 9.89. The lowest BCUT2D eigenvalue weighted by Crippen LogP contribution is -2.20. The van der Waals surface area contributed by atoms with E-state index in [1.165, 1.54) is 24.8 Å². The van der Waals surface area contributed by atoms with Crippen molar-refractivity contribution >= 4 is 0 Å². The molecule has 0 bridgehead atoms. The molecule has 2 rings (SSSR count). The summed E-state index contributed by atoms with van der Waals surface area (Å²) in [5.41, 5.74) is 1.47. The van der Waals surface area contributed by atoms with Crippen molar-refractivity contribution in [1.82, 2.24) is 5.32 Å². The Morgan fingerprint density at radius 2 is 2.00 bits per heavy atom. The van der Waals surface area contributed by atoms with Gasteiger partial charge in [0.1, 0.15) is 5.75 Å². The smallest absolute Gasteiger partial charge is 0.118 e. The van der Waals surface area contributed by atoms with Gasteiger partial charge in [0.2, 0.25) is 0 Å². The molecular weight excluding hydrogens is 198 g/mol. The topological polar surface area (TPSA) is 21.3 Å². The highest BCUT2D eigenvalue weighted by molar-refractivity contribution is 5.30. The van der Waals surface area contributed by atoms with Gasteiger partial charge in [0.15, 0.2) is 0 Å². The normalized spacial score (nSPS) is 24.6. The van der Waals surface area contributed by atoms with E-state index in [-0.39, 0.29) is 0 Å². The number of hydrogen-bond acceptors (Lipinski definition) is 2. The van der Waals surface area contributed by atoms with Gasteiger partial charge in [-0.2, -0.15) is 0 Å². The van der Waals surface area contributed by atoms with Gasteiger partial charge in [-0.1, -0.05) is 18.6 Å². The number of hydrogen-bond donors (Lipinski definition) is 1. The zero-order chi connectivity index (χ0) is 11.4. The molecular formula is C14H21NO. The van der Waals surface area contributed by atoms with Gasteiger partial charge >= 0.3 is 0 Å². The highest BCUT2D eigenvalue weighted by Crippen LogP contribution is 2.39. The first-order valence-electron chi connectivity index (χ1n) is 6.13. The van der Waals surface area contributed by atoms with Crippen molar-refractivity contribution in [2.75, 3.05) is 20.7 Å². The average molecular weight is 219 g/mol. The Bertz CT molecular complexity index is 320. The summed E-state index contributed by atoms with van der Waals surface area (Å²) in [5.74, 6) is 2.49. The molecule has 2 nitrogen and oxygen atoms in total. The van der Waals surface area contributed by atoms with Crippen LogP contribution < -0.4 is 10.1 Å². The molecule has 0 aliphatic heterocycles. The number of ether oxygens (including phenoxy) is 1. The first kappa shape index (κ1) is 11.5. The van der Waals surface area contributed by atoms with Crippen LogP contribution in [0.15, 0.2) is 24.3 Å². The first-order chi connectivity index (χ1) is 7.85. The molecule has 1 N–H and O–H groups in total. The van der Waals surface area contributed by atoms with Gasteiger partial charge in [0, 0.05) is 0 Å². The van der Waals surface area contributed by atoms with E-state index in [1.807, 2.05) is 7.05 Å². The third-order valence-corrected chi connectivity index (χ3v) is 3.67. The lowest BCUT2D eigenvalue weighted by Gasteiger charge is -2.19. The minimum Gasteiger partial charge on any atom is -0.497 e. The van der Waals surface area contributed by atoms with E-state index in [0.717, 1.165) is 24.1 Å². The maximum Gasteiger partial charge on any atom is 0.118 e. The van der Waals surface area contributed by atoms with Crippen LogP contribution in [0.3, 0.4) is 0 Å². The second-order valence-electron chi connectivity index (χ2n) is 4.63. The summed E-state index contributed by atoms with van der Waals surface area (Å²) >= 11 is 0. The minimum absolute atomic E-state index is 0.735. The predicted octanol–water partition coefficient (Wildman–Crippen LogP) is 2.80. The van der Waals surface area contributed by atoms with Gasteiger partial charge in [-0.3, -0.25) is 0 Å². The Balaban J connectivity index is 2.09. The van der Waals surface area contributed by atoms with Gasteiger partial charge in [-0.05, 0) is 56.0 Å². The Morgan fingerprint density at radius 3 is 2.62 bits per heavy atom. The molecule has 1 aliphatic carbocycles. The summed E-state index contributed by atoms with van der Waals surface area (Å²) in [7, 11) is 3.76. The van der Waals surface area contributed by atoms with Gasteiger partial charge in [-0.25, -0.2) is 0 Å². The molecule has 2 atom stereocenters. The van der Waals surface area contributed by atoms with Crippen LogP contribution in [0, 0.1) is 5.92 Å². The standard InChI is InChI=1S/C14H21NO/c1-15-10-12-4-3-5-14(12)11-6-8-13(16-2)9-7-11/h6-9,12,14-15H,3-5,10H2,1-2H3. The second kappa shape index (κ2) is 5.35. The van der Waals surface area contributed by atoms with Crippen molar-refractivity contribution in [2.24, 2.45) is 5.92 Å². The molecule has 1 aromatic rings. The fraction of sp³-hybridized carbons (Fsp3) is 0.571. The van der Waals surface area contributed by atoms with E-state index < -0.39 is 0 Å². The van der Waals surface area contributed by atoms with Crippen molar-refractivity contribution < 1.29 is 4.74 Å². The number of nitrogens with one attached hydrogen (secondary N) is 1. The maximum absolute atomic E-state index is 5.19. The Labute approximate surface area is 98.0 Å². The monoisotopic (exact) mass is 219 g/mol. The van der Waals surface area contributed by atoms with Crippen molar-refractivity contribution in [3.8, 4) is 5.75 Å². The molecule has 1 aromatic carbocycles. The molecule has 0 saturated heterocycles. The van der Waals surface area contributed by atoms with Crippen LogP contribution in [0.25, 0.3) is 0 Å². The van der Waals surface area contributed by atoms with Gasteiger partial charge in [0.05, 0.1) is 7.11 Å². The summed E-state index contributed by atoms with van der Waals surface area (Å²) in [6.45, 7) is 1.14. The maximum atomic E-state index is 5.19. The molecule has 2 unspecified atom stereocenters. The molecule has 0 radical (unpaired) electrons. The fourth-order valence-corrected chi connectivity index (χ4v) is 2.83. The molecule has 2 heteroatoms. The van der Waals surface area contributed by atoms with Crippen molar-refractivity contribution in [2.45, 2.75) is 25.2 Å². The first-order valence-corrected chi connectivity index (χ1v) is 6.13. The highest BCUT2D eigenvalue weighted by atomic mass is 16.5. The molecule has 0 aromatic heterocycles.